The number of nitrogens with one attached hydrogen (secondary N) is 1. The van der Waals surface area contributed by atoms with Crippen LogP contribution in [0.5, 0.6) is 5.75 Å². The first-order valence-corrected chi connectivity index (χ1v) is 15.2. The lowest BCUT2D eigenvalue weighted by Crippen LogP contribution is -2.63. The minimum Gasteiger partial charge on any atom is -0.495 e. The molecule has 2 saturated heterocycles. The van der Waals surface area contributed by atoms with Crippen LogP contribution in [0, 0.1) is 11.8 Å². The summed E-state index contributed by atoms with van der Waals surface area (Å²) in [5.74, 6) is -1.65. The number of fused-ring (bicyclic) bond motifs is 5. The number of rotatable bonds is 4. The predicted octanol–water partition coefficient (Wildman–Crippen LogP) is 3.81. The third kappa shape index (κ3) is 7.00. The number of halogens is 1. The highest BCUT2D eigenvalue weighted by Gasteiger charge is 2.64. The van der Waals surface area contributed by atoms with Gasteiger partial charge in [0, 0.05) is 26.5 Å². The van der Waals surface area contributed by atoms with Gasteiger partial charge in [0.05, 0.1) is 31.2 Å². The summed E-state index contributed by atoms with van der Waals surface area (Å²) in [6, 6.07) is 3.17. The molecule has 4 bridgehead atoms. The van der Waals surface area contributed by atoms with Crippen LogP contribution >= 0.6 is 11.6 Å². The Hall–Kier alpha value is -3.16. The third-order valence-corrected chi connectivity index (χ3v) is 9.27. The predicted molar refractivity (Wildman–Crippen MR) is 165 cm³/mol. The van der Waals surface area contributed by atoms with Gasteiger partial charge in [-0.2, -0.15) is 0 Å². The van der Waals surface area contributed by atoms with Crippen LogP contribution in [-0.4, -0.2) is 85.2 Å². The molecule has 3 N–H and O–H groups in total. The van der Waals surface area contributed by atoms with Gasteiger partial charge in [0.25, 0.3) is 0 Å². The minimum atomic E-state index is -1.84. The van der Waals surface area contributed by atoms with Gasteiger partial charge in [-0.25, -0.2) is 4.79 Å². The van der Waals surface area contributed by atoms with Crippen LogP contribution in [0.15, 0.2) is 35.9 Å². The highest BCUT2D eigenvalue weighted by molar-refractivity contribution is 6.35. The first-order chi connectivity index (χ1) is 21.1. The molecule has 3 aliphatic heterocycles. The van der Waals surface area contributed by atoms with E-state index in [2.05, 4.69) is 5.32 Å². The smallest absolute Gasteiger partial charge is 0.409 e. The molecule has 45 heavy (non-hydrogen) atoms. The van der Waals surface area contributed by atoms with Crippen LogP contribution in [0.2, 0.25) is 5.02 Å². The zero-order valence-corrected chi connectivity index (χ0v) is 27.6. The van der Waals surface area contributed by atoms with E-state index in [1.54, 1.807) is 65.0 Å². The molecule has 13 heteroatoms. The van der Waals surface area contributed by atoms with Crippen molar-refractivity contribution in [2.75, 3.05) is 26.2 Å². The Kier molecular flexibility index (Phi) is 10.3. The molecule has 2 fully saturated rings. The zero-order chi connectivity index (χ0) is 33.4. The molecule has 1 aromatic rings. The van der Waals surface area contributed by atoms with E-state index < -0.39 is 71.7 Å². The number of carbonyl (C=O) groups excluding carboxylic acids is 3. The molecule has 0 aliphatic carbocycles. The molecule has 3 aliphatic rings. The van der Waals surface area contributed by atoms with Gasteiger partial charge in [0.2, 0.25) is 5.91 Å². The Morgan fingerprint density at radius 1 is 1.24 bits per heavy atom. The molecular formula is C32H43ClN2O10. The first-order valence-electron chi connectivity index (χ1n) is 14.9. The van der Waals surface area contributed by atoms with Crippen molar-refractivity contribution in [3.63, 3.8) is 0 Å². The number of allylic oxidation sites excluding steroid dienone is 2. The highest BCUT2D eigenvalue weighted by atomic mass is 35.5. The van der Waals surface area contributed by atoms with E-state index >= 15 is 0 Å². The summed E-state index contributed by atoms with van der Waals surface area (Å²) in [5, 5.41) is 25.5. The maximum atomic E-state index is 13.8. The summed E-state index contributed by atoms with van der Waals surface area (Å²) in [4.78, 5) is 40.6. The number of methoxy groups -OCH3 is 2. The summed E-state index contributed by atoms with van der Waals surface area (Å²) in [6.07, 6.45) is -0.848. The van der Waals surface area contributed by atoms with Crippen LogP contribution in [-0.2, 0) is 28.5 Å². The van der Waals surface area contributed by atoms with Crippen molar-refractivity contribution in [3.05, 3.63) is 46.5 Å². The summed E-state index contributed by atoms with van der Waals surface area (Å²) in [7, 11) is 4.36. The average molecular weight is 651 g/mol. The fourth-order valence-corrected chi connectivity index (χ4v) is 6.18. The highest BCUT2D eigenvalue weighted by Crippen LogP contribution is 2.49. The summed E-state index contributed by atoms with van der Waals surface area (Å²) in [5.41, 5.74) is -1.75. The monoisotopic (exact) mass is 650 g/mol. The number of hydrogen-bond donors (Lipinski definition) is 3. The number of aliphatic hydroxyl groups excluding tert-OH is 1. The van der Waals surface area contributed by atoms with Crippen LogP contribution in [0.25, 0.3) is 0 Å². The lowest BCUT2D eigenvalue weighted by molar-refractivity contribution is -0.157. The van der Waals surface area contributed by atoms with Gasteiger partial charge in [0.1, 0.15) is 40.8 Å². The molecule has 2 amide bonds. The fourth-order valence-electron chi connectivity index (χ4n) is 5.86. The maximum Gasteiger partial charge on any atom is 0.409 e. The molecule has 248 valence electrons. The molecule has 0 radical (unpaired) electrons. The van der Waals surface area contributed by atoms with Crippen molar-refractivity contribution in [2.24, 2.45) is 11.8 Å². The topological polar surface area (TPSA) is 156 Å². The van der Waals surface area contributed by atoms with E-state index in [0.717, 1.165) is 0 Å². The van der Waals surface area contributed by atoms with Gasteiger partial charge in [-0.05, 0) is 37.1 Å². The third-order valence-electron chi connectivity index (χ3n) is 8.89. The van der Waals surface area contributed by atoms with Gasteiger partial charge in [-0.1, -0.05) is 50.6 Å². The molecule has 4 rings (SSSR count). The first kappa shape index (κ1) is 34.7. The standard InChI is InChI=1S/C32H43ClN2O10/c1-16(2)29(38)44-24-14-25(36)35(6)20-12-19(13-21(41-7)26(20)33)27(37)17(3)10-9-11-23(42-8)32(40)15-22(43-30(39)34-32)18(4)28-31(24,5)45-28/h9-13,16,18,22-24,27-28,37,40H,14-15H2,1-8H3,(H,34,39)/b11-9-,17-10-/t18-,22+,23-,24?,27+,28+,31+,32+/m1/s1. The number of hydrogen-bond acceptors (Lipinski definition) is 10. The molecular weight excluding hydrogens is 608 g/mol. The fraction of sp³-hybridized carbons (Fsp3) is 0.594. The summed E-state index contributed by atoms with van der Waals surface area (Å²) >= 11 is 6.65. The molecule has 0 aromatic heterocycles. The molecule has 12 nitrogen and oxygen atoms in total. The number of aliphatic hydroxyl groups is 2. The van der Waals surface area contributed by atoms with Gasteiger partial charge in [-0.3, -0.25) is 14.9 Å². The lowest BCUT2D eigenvalue weighted by atomic mass is 9.83. The number of esters is 1. The number of carbonyl (C=O) groups is 3. The maximum absolute atomic E-state index is 13.8. The SMILES string of the molecule is COc1cc2cc(c1Cl)N(C)C(=O)CC(OC(=O)C(C)C)[C@]1(C)O[C@H]1[C@H](C)[C@@H]1C[C@@](O)(NC(=O)O1)[C@H](OC)/C=C\C=C(\C)[C@@H]2O. The summed E-state index contributed by atoms with van der Waals surface area (Å²) in [6.45, 7) is 8.62. The molecule has 1 unspecified atom stereocenters. The molecule has 8 atom stereocenters. The zero-order valence-electron chi connectivity index (χ0n) is 26.8. The number of benzene rings is 1. The lowest BCUT2D eigenvalue weighted by Gasteiger charge is -2.42. The Labute approximate surface area is 268 Å². The van der Waals surface area contributed by atoms with Crippen molar-refractivity contribution >= 4 is 35.3 Å². The van der Waals surface area contributed by atoms with E-state index in [1.807, 2.05) is 0 Å². The largest absolute Gasteiger partial charge is 0.495 e. The van der Waals surface area contributed by atoms with Gasteiger partial charge >= 0.3 is 12.1 Å². The molecule has 1 aromatic carbocycles. The molecule has 3 heterocycles. The van der Waals surface area contributed by atoms with Crippen molar-refractivity contribution in [2.45, 2.75) is 89.3 Å². The van der Waals surface area contributed by atoms with Gasteiger partial charge < -0.3 is 38.8 Å². The number of amides is 2. The Balaban J connectivity index is 1.83. The van der Waals surface area contributed by atoms with E-state index in [1.165, 1.54) is 26.2 Å². The Morgan fingerprint density at radius 2 is 1.93 bits per heavy atom. The number of epoxide rings is 1. The van der Waals surface area contributed by atoms with E-state index in [0.29, 0.717) is 11.1 Å². The van der Waals surface area contributed by atoms with Crippen LogP contribution in [0.1, 0.15) is 59.1 Å². The number of anilines is 1. The van der Waals surface area contributed by atoms with Crippen LogP contribution in [0.3, 0.4) is 0 Å². The van der Waals surface area contributed by atoms with E-state index in [9.17, 15) is 24.6 Å². The van der Waals surface area contributed by atoms with Crippen LogP contribution < -0.4 is 15.0 Å². The number of alkyl carbamates (subject to hydrolysis) is 1. The molecule has 0 saturated carbocycles. The second-order valence-electron chi connectivity index (χ2n) is 12.4. The van der Waals surface area contributed by atoms with Crippen molar-refractivity contribution < 1.29 is 48.3 Å². The normalized spacial score (nSPS) is 35.8. The Morgan fingerprint density at radius 3 is 2.56 bits per heavy atom. The molecule has 0 spiro atoms. The van der Waals surface area contributed by atoms with E-state index in [4.69, 9.17) is 35.3 Å². The van der Waals surface area contributed by atoms with Gasteiger partial charge in [-0.15, -0.1) is 0 Å². The Bertz CT molecular complexity index is 1380. The van der Waals surface area contributed by atoms with Crippen molar-refractivity contribution in [1.29, 1.82) is 0 Å². The second-order valence-corrected chi connectivity index (χ2v) is 12.8. The number of ether oxygens (including phenoxy) is 5. The number of nitrogens with zero attached hydrogens (tertiary/aromatic N) is 1. The van der Waals surface area contributed by atoms with Gasteiger partial charge in [0.15, 0.2) is 5.72 Å². The van der Waals surface area contributed by atoms with Crippen LogP contribution in [0.4, 0.5) is 10.5 Å². The van der Waals surface area contributed by atoms with E-state index in [-0.39, 0.29) is 29.3 Å². The van der Waals surface area contributed by atoms with Crippen molar-refractivity contribution in [3.8, 4) is 5.75 Å². The summed E-state index contributed by atoms with van der Waals surface area (Å²) < 4.78 is 28.6. The quantitative estimate of drug-likeness (QED) is 0.323. The minimum absolute atomic E-state index is 0.0493. The second kappa shape index (κ2) is 13.3. The van der Waals surface area contributed by atoms with Crippen molar-refractivity contribution in [1.82, 2.24) is 5.32 Å². The average Bonchev–Trinajstić information content (AvgIpc) is 3.68.